The van der Waals surface area contributed by atoms with Gasteiger partial charge in [-0.2, -0.15) is 0 Å². The molecular weight excluding hydrogens is 198 g/mol. The van der Waals surface area contributed by atoms with E-state index in [1.165, 1.54) is 16.6 Å². The van der Waals surface area contributed by atoms with Gasteiger partial charge in [0.05, 0.1) is 5.52 Å². The van der Waals surface area contributed by atoms with Crippen molar-refractivity contribution in [1.82, 2.24) is 9.88 Å². The van der Waals surface area contributed by atoms with Gasteiger partial charge < -0.3 is 15.6 Å². The van der Waals surface area contributed by atoms with Gasteiger partial charge in [0.1, 0.15) is 0 Å². The van der Waals surface area contributed by atoms with Crippen molar-refractivity contribution in [1.29, 1.82) is 0 Å². The molecule has 3 rings (SSSR count). The van der Waals surface area contributed by atoms with Gasteiger partial charge in [-0.05, 0) is 24.3 Å². The maximum Gasteiger partial charge on any atom is 0.0526 e. The number of nitrogens with zero attached hydrogens (tertiary/aromatic N) is 1. The van der Waals surface area contributed by atoms with Crippen molar-refractivity contribution in [2.24, 2.45) is 0 Å². The molecule has 0 saturated heterocycles. The Bertz CT molecular complexity index is 551. The monoisotopic (exact) mass is 213 g/mol. The molecule has 1 aliphatic heterocycles. The fourth-order valence-corrected chi connectivity index (χ4v) is 2.24. The lowest BCUT2D eigenvalue weighted by Crippen LogP contribution is -2.21. The van der Waals surface area contributed by atoms with Crippen molar-refractivity contribution in [2.75, 3.05) is 18.8 Å². The third-order valence-corrected chi connectivity index (χ3v) is 3.06. The summed E-state index contributed by atoms with van der Waals surface area (Å²) in [5, 5.41) is 4.53. The number of fused-ring (bicyclic) bond motifs is 1. The molecule has 16 heavy (non-hydrogen) atoms. The number of hydrogen-bond donors (Lipinski definition) is 2. The summed E-state index contributed by atoms with van der Waals surface area (Å²) in [6, 6.07) is 8.19. The predicted octanol–water partition coefficient (Wildman–Crippen LogP) is 2.06. The van der Waals surface area contributed by atoms with Crippen LogP contribution in [-0.2, 0) is 0 Å². The number of rotatable bonds is 1. The summed E-state index contributed by atoms with van der Waals surface area (Å²) in [6.45, 7) is 2.02. The second kappa shape index (κ2) is 3.68. The van der Waals surface area contributed by atoms with E-state index < -0.39 is 0 Å². The van der Waals surface area contributed by atoms with Crippen LogP contribution < -0.4 is 11.1 Å². The van der Waals surface area contributed by atoms with Crippen molar-refractivity contribution in [3.63, 3.8) is 0 Å². The van der Waals surface area contributed by atoms with Crippen LogP contribution in [0.4, 0.5) is 5.69 Å². The molecule has 2 aromatic rings. The molecule has 0 bridgehead atoms. The van der Waals surface area contributed by atoms with Crippen LogP contribution in [0.5, 0.6) is 0 Å². The van der Waals surface area contributed by atoms with Crippen molar-refractivity contribution in [3.05, 3.63) is 36.5 Å². The molecule has 1 aromatic carbocycles. The second-order valence-corrected chi connectivity index (χ2v) is 4.15. The van der Waals surface area contributed by atoms with Crippen LogP contribution in [0.25, 0.3) is 16.6 Å². The lowest BCUT2D eigenvalue weighted by molar-refractivity contribution is 0.720. The Balaban J connectivity index is 2.13. The number of aromatic nitrogens is 1. The van der Waals surface area contributed by atoms with Crippen LogP contribution in [0, 0.1) is 0 Å². The second-order valence-electron chi connectivity index (χ2n) is 4.15. The molecule has 0 radical (unpaired) electrons. The predicted molar refractivity (Wildman–Crippen MR) is 68.1 cm³/mol. The van der Waals surface area contributed by atoms with Gasteiger partial charge in [0.2, 0.25) is 0 Å². The molecule has 0 fully saturated rings. The number of anilines is 1. The van der Waals surface area contributed by atoms with E-state index in [4.69, 9.17) is 5.73 Å². The van der Waals surface area contributed by atoms with E-state index in [2.05, 4.69) is 34.3 Å². The van der Waals surface area contributed by atoms with Crippen molar-refractivity contribution in [2.45, 2.75) is 6.42 Å². The summed E-state index contributed by atoms with van der Waals surface area (Å²) in [7, 11) is 0. The Labute approximate surface area is 94.6 Å². The molecule has 0 aliphatic carbocycles. The molecule has 0 amide bonds. The minimum atomic E-state index is 0.824. The fourth-order valence-electron chi connectivity index (χ4n) is 2.24. The van der Waals surface area contributed by atoms with Gasteiger partial charge in [-0.15, -0.1) is 0 Å². The van der Waals surface area contributed by atoms with Crippen molar-refractivity contribution in [3.8, 4) is 0 Å². The van der Waals surface area contributed by atoms with Gasteiger partial charge in [-0.3, -0.25) is 0 Å². The maximum atomic E-state index is 5.78. The van der Waals surface area contributed by atoms with Gasteiger partial charge in [-0.25, -0.2) is 0 Å². The number of nitrogen functional groups attached to an aromatic ring is 1. The SMILES string of the molecule is Nc1ccc2c(ccn2C2=CCNCC2)c1. The lowest BCUT2D eigenvalue weighted by atomic mass is 10.2. The molecule has 0 atom stereocenters. The molecule has 3 nitrogen and oxygen atoms in total. The summed E-state index contributed by atoms with van der Waals surface area (Å²) in [5.41, 5.74) is 9.21. The molecule has 1 aromatic heterocycles. The average molecular weight is 213 g/mol. The highest BCUT2D eigenvalue weighted by molar-refractivity contribution is 5.86. The van der Waals surface area contributed by atoms with Gasteiger partial charge in [-0.1, -0.05) is 6.08 Å². The molecule has 0 spiro atoms. The third kappa shape index (κ3) is 1.49. The van der Waals surface area contributed by atoms with Crippen LogP contribution >= 0.6 is 0 Å². The van der Waals surface area contributed by atoms with Gasteiger partial charge in [0.15, 0.2) is 0 Å². The van der Waals surface area contributed by atoms with Crippen LogP contribution in [0.3, 0.4) is 0 Å². The Morgan fingerprint density at radius 2 is 2.19 bits per heavy atom. The Morgan fingerprint density at radius 1 is 1.25 bits per heavy atom. The molecule has 0 saturated carbocycles. The van der Waals surface area contributed by atoms with E-state index in [1.54, 1.807) is 0 Å². The number of benzene rings is 1. The van der Waals surface area contributed by atoms with Crippen LogP contribution in [0.1, 0.15) is 6.42 Å². The molecule has 3 N–H and O–H groups in total. The first-order valence-electron chi connectivity index (χ1n) is 5.61. The van der Waals surface area contributed by atoms with Gasteiger partial charge in [0.25, 0.3) is 0 Å². The van der Waals surface area contributed by atoms with Crippen molar-refractivity contribution < 1.29 is 0 Å². The Kier molecular flexibility index (Phi) is 2.18. The molecule has 82 valence electrons. The molecular formula is C13H15N3. The molecule has 3 heteroatoms. The highest BCUT2D eigenvalue weighted by Gasteiger charge is 2.08. The first kappa shape index (κ1) is 9.48. The summed E-state index contributed by atoms with van der Waals surface area (Å²) in [6.07, 6.45) is 5.45. The normalized spacial score (nSPS) is 16.4. The average Bonchev–Trinajstić information content (AvgIpc) is 2.73. The lowest BCUT2D eigenvalue weighted by Gasteiger charge is -2.16. The van der Waals surface area contributed by atoms with E-state index in [1.807, 2.05) is 12.1 Å². The van der Waals surface area contributed by atoms with E-state index >= 15 is 0 Å². The zero-order valence-electron chi connectivity index (χ0n) is 9.11. The van der Waals surface area contributed by atoms with Gasteiger partial charge >= 0.3 is 0 Å². The number of hydrogen-bond acceptors (Lipinski definition) is 2. The first-order chi connectivity index (χ1) is 7.84. The molecule has 2 heterocycles. The fraction of sp³-hybridized carbons (Fsp3) is 0.231. The molecule has 0 unspecified atom stereocenters. The largest absolute Gasteiger partial charge is 0.399 e. The Morgan fingerprint density at radius 3 is 3.00 bits per heavy atom. The van der Waals surface area contributed by atoms with Crippen LogP contribution in [-0.4, -0.2) is 17.7 Å². The number of nitrogens with two attached hydrogens (primary N) is 1. The smallest absolute Gasteiger partial charge is 0.0526 e. The zero-order valence-corrected chi connectivity index (χ0v) is 9.11. The van der Waals surface area contributed by atoms with Gasteiger partial charge in [0, 0.05) is 42.5 Å². The summed E-state index contributed by atoms with van der Waals surface area (Å²) in [5.74, 6) is 0. The minimum Gasteiger partial charge on any atom is -0.399 e. The zero-order chi connectivity index (χ0) is 11.0. The minimum absolute atomic E-state index is 0.824. The topological polar surface area (TPSA) is 43.0 Å². The molecule has 1 aliphatic rings. The Hall–Kier alpha value is -1.74. The summed E-state index contributed by atoms with van der Waals surface area (Å²) in [4.78, 5) is 0. The van der Waals surface area contributed by atoms with E-state index in [0.29, 0.717) is 0 Å². The third-order valence-electron chi connectivity index (χ3n) is 3.06. The number of nitrogens with one attached hydrogen (secondary N) is 1. The standard InChI is InChI=1S/C13H15N3/c14-11-1-2-13-10(9-11)5-8-16(13)12-3-6-15-7-4-12/h1-3,5,8-9,15H,4,6-7,14H2. The summed E-state index contributed by atoms with van der Waals surface area (Å²) < 4.78 is 2.26. The highest BCUT2D eigenvalue weighted by Crippen LogP contribution is 2.23. The van der Waals surface area contributed by atoms with E-state index in [0.717, 1.165) is 25.2 Å². The van der Waals surface area contributed by atoms with Crippen LogP contribution in [0.15, 0.2) is 36.5 Å². The summed E-state index contributed by atoms with van der Waals surface area (Å²) >= 11 is 0. The maximum absolute atomic E-state index is 5.78. The first-order valence-corrected chi connectivity index (χ1v) is 5.61. The highest BCUT2D eigenvalue weighted by atomic mass is 15.0. The van der Waals surface area contributed by atoms with E-state index in [9.17, 15) is 0 Å². The van der Waals surface area contributed by atoms with Crippen molar-refractivity contribution >= 4 is 22.3 Å². The quantitative estimate of drug-likeness (QED) is 0.712. The van der Waals surface area contributed by atoms with E-state index in [-0.39, 0.29) is 0 Å². The van der Waals surface area contributed by atoms with Crippen LogP contribution in [0.2, 0.25) is 0 Å².